The number of anilines is 1. The average molecular weight is 414 g/mol. The van der Waals surface area contributed by atoms with Crippen molar-refractivity contribution < 1.29 is 9.21 Å². The monoisotopic (exact) mass is 413 g/mol. The van der Waals surface area contributed by atoms with E-state index >= 15 is 0 Å². The molecule has 3 rings (SSSR count). The van der Waals surface area contributed by atoms with Gasteiger partial charge in [-0.2, -0.15) is 5.26 Å². The van der Waals surface area contributed by atoms with Crippen LogP contribution >= 0.6 is 23.2 Å². The molecule has 0 aliphatic heterocycles. The molecule has 0 fully saturated rings. The lowest BCUT2D eigenvalue weighted by Gasteiger charge is -2.08. The van der Waals surface area contributed by atoms with E-state index in [1.807, 2.05) is 38.1 Å². The number of carbonyl (C=O) groups excluding carboxylic acids is 1. The normalized spacial score (nSPS) is 11.3. The maximum atomic E-state index is 12.5. The lowest BCUT2D eigenvalue weighted by molar-refractivity contribution is -0.112. The summed E-state index contributed by atoms with van der Waals surface area (Å²) in [6, 6.07) is 12.5. The van der Waals surface area contributed by atoms with Crippen LogP contribution in [0.5, 0.6) is 0 Å². The van der Waals surface area contributed by atoms with E-state index in [2.05, 4.69) is 9.88 Å². The van der Waals surface area contributed by atoms with E-state index in [1.165, 1.54) is 0 Å². The van der Waals surface area contributed by atoms with Crippen molar-refractivity contribution in [2.24, 2.45) is 0 Å². The molecule has 1 N–H and O–H groups in total. The second kappa shape index (κ2) is 8.39. The first-order chi connectivity index (χ1) is 13.4. The summed E-state index contributed by atoms with van der Waals surface area (Å²) >= 11 is 12.1. The van der Waals surface area contributed by atoms with Gasteiger partial charge in [-0.05, 0) is 55.8 Å². The van der Waals surface area contributed by atoms with Crippen molar-refractivity contribution in [1.29, 1.82) is 5.26 Å². The average Bonchev–Trinajstić information content (AvgIpc) is 3.27. The first kappa shape index (κ1) is 19.8. The van der Waals surface area contributed by atoms with Crippen LogP contribution in [-0.2, 0) is 11.3 Å². The molecule has 0 unspecified atom stereocenters. The number of amides is 1. The Labute approximate surface area is 172 Å². The highest BCUT2D eigenvalue weighted by atomic mass is 35.5. The van der Waals surface area contributed by atoms with Crippen LogP contribution in [-0.4, -0.2) is 10.5 Å². The third-order valence-electron chi connectivity index (χ3n) is 4.37. The number of carbonyl (C=O) groups is 1. The summed E-state index contributed by atoms with van der Waals surface area (Å²) in [5.74, 6) is 0.272. The molecule has 0 spiro atoms. The van der Waals surface area contributed by atoms with Crippen LogP contribution in [0.3, 0.4) is 0 Å². The second-order valence-corrected chi connectivity index (χ2v) is 7.00. The van der Waals surface area contributed by atoms with E-state index < -0.39 is 5.91 Å². The number of nitrogens with one attached hydrogen (secondary N) is 1. The standard InChI is InChI=1S/C21H17Cl2N3O2/c1-13-9-15(14(2)26(13)12-17-5-4-8-28-17)10-16(11-24)21(27)25-19-7-3-6-18(22)20(19)23/h3-10H,12H2,1-2H3,(H,25,27)/b16-10+. The summed E-state index contributed by atoms with van der Waals surface area (Å²) < 4.78 is 7.47. The number of rotatable bonds is 5. The van der Waals surface area contributed by atoms with Crippen LogP contribution in [0.4, 0.5) is 5.69 Å². The number of furan rings is 1. The lowest BCUT2D eigenvalue weighted by atomic mass is 10.1. The minimum atomic E-state index is -0.553. The number of aromatic nitrogens is 1. The Morgan fingerprint density at radius 2 is 2.07 bits per heavy atom. The third kappa shape index (κ3) is 4.14. The van der Waals surface area contributed by atoms with Crippen molar-refractivity contribution in [2.45, 2.75) is 20.4 Å². The number of halogens is 2. The van der Waals surface area contributed by atoms with Crippen molar-refractivity contribution in [2.75, 3.05) is 5.32 Å². The van der Waals surface area contributed by atoms with Crippen LogP contribution in [0.15, 0.2) is 52.7 Å². The molecule has 3 aromatic rings. The quantitative estimate of drug-likeness (QED) is 0.437. The summed E-state index contributed by atoms with van der Waals surface area (Å²) in [5, 5.41) is 12.7. The lowest BCUT2D eigenvalue weighted by Crippen LogP contribution is -2.13. The SMILES string of the molecule is Cc1cc(/C=C(\C#N)C(=O)Nc2cccc(Cl)c2Cl)c(C)n1Cc1ccco1. The minimum Gasteiger partial charge on any atom is -0.467 e. The Morgan fingerprint density at radius 1 is 1.29 bits per heavy atom. The van der Waals surface area contributed by atoms with Crippen molar-refractivity contribution in [1.82, 2.24) is 4.57 Å². The highest BCUT2D eigenvalue weighted by molar-refractivity contribution is 6.44. The summed E-state index contributed by atoms with van der Waals surface area (Å²) in [4.78, 5) is 12.5. The van der Waals surface area contributed by atoms with Crippen LogP contribution < -0.4 is 5.32 Å². The van der Waals surface area contributed by atoms with Crippen LogP contribution in [0.1, 0.15) is 22.7 Å². The molecule has 0 radical (unpaired) electrons. The van der Waals surface area contributed by atoms with E-state index in [1.54, 1.807) is 30.5 Å². The Kier molecular flexibility index (Phi) is 5.93. The molecule has 0 atom stereocenters. The van der Waals surface area contributed by atoms with Gasteiger partial charge < -0.3 is 14.3 Å². The van der Waals surface area contributed by atoms with Crippen molar-refractivity contribution in [3.05, 3.63) is 81.0 Å². The van der Waals surface area contributed by atoms with Gasteiger partial charge in [0.05, 0.1) is 28.5 Å². The molecule has 0 saturated carbocycles. The molecular weight excluding hydrogens is 397 g/mol. The molecule has 1 amide bonds. The van der Waals surface area contributed by atoms with Gasteiger partial charge in [0, 0.05) is 11.4 Å². The topological polar surface area (TPSA) is 71.0 Å². The number of hydrogen-bond donors (Lipinski definition) is 1. The van der Waals surface area contributed by atoms with Crippen LogP contribution in [0.2, 0.25) is 10.0 Å². The van der Waals surface area contributed by atoms with Gasteiger partial charge in [-0.3, -0.25) is 4.79 Å². The molecule has 28 heavy (non-hydrogen) atoms. The summed E-state index contributed by atoms with van der Waals surface area (Å²) in [5.41, 5.74) is 3.02. The van der Waals surface area contributed by atoms with Crippen molar-refractivity contribution in [3.8, 4) is 6.07 Å². The zero-order valence-electron chi connectivity index (χ0n) is 15.3. The molecule has 1 aromatic carbocycles. The van der Waals surface area contributed by atoms with Gasteiger partial charge in [-0.25, -0.2) is 0 Å². The maximum absolute atomic E-state index is 12.5. The fraction of sp³-hybridized carbons (Fsp3) is 0.143. The summed E-state index contributed by atoms with van der Waals surface area (Å²) in [7, 11) is 0. The largest absolute Gasteiger partial charge is 0.467 e. The summed E-state index contributed by atoms with van der Waals surface area (Å²) in [6.07, 6.45) is 3.19. The van der Waals surface area contributed by atoms with E-state index in [-0.39, 0.29) is 10.6 Å². The molecule has 2 aromatic heterocycles. The van der Waals surface area contributed by atoms with Crippen molar-refractivity contribution in [3.63, 3.8) is 0 Å². The van der Waals surface area contributed by atoms with Gasteiger partial charge in [0.25, 0.3) is 5.91 Å². The van der Waals surface area contributed by atoms with E-state index in [9.17, 15) is 10.1 Å². The second-order valence-electron chi connectivity index (χ2n) is 6.22. The number of benzene rings is 1. The highest BCUT2D eigenvalue weighted by Gasteiger charge is 2.15. The van der Waals surface area contributed by atoms with Crippen LogP contribution in [0.25, 0.3) is 6.08 Å². The predicted octanol–water partition coefficient (Wildman–Crippen LogP) is 5.60. The molecule has 0 aliphatic rings. The smallest absolute Gasteiger partial charge is 0.266 e. The molecular formula is C21H17Cl2N3O2. The fourth-order valence-corrected chi connectivity index (χ4v) is 3.22. The fourth-order valence-electron chi connectivity index (χ4n) is 2.87. The number of nitriles is 1. The zero-order chi connectivity index (χ0) is 20.3. The minimum absolute atomic E-state index is 0.0331. The maximum Gasteiger partial charge on any atom is 0.266 e. The Hall–Kier alpha value is -2.94. The molecule has 0 aliphatic carbocycles. The highest BCUT2D eigenvalue weighted by Crippen LogP contribution is 2.30. The van der Waals surface area contributed by atoms with E-state index in [4.69, 9.17) is 27.6 Å². The first-order valence-electron chi connectivity index (χ1n) is 8.47. The Balaban J connectivity index is 1.87. The molecule has 2 heterocycles. The Bertz CT molecular complexity index is 1090. The van der Waals surface area contributed by atoms with E-state index in [0.717, 1.165) is 22.7 Å². The van der Waals surface area contributed by atoms with Gasteiger partial charge in [0.1, 0.15) is 17.4 Å². The molecule has 142 valence electrons. The molecule has 0 saturated heterocycles. The van der Waals surface area contributed by atoms with Gasteiger partial charge in [0.2, 0.25) is 0 Å². The third-order valence-corrected chi connectivity index (χ3v) is 5.19. The van der Waals surface area contributed by atoms with Gasteiger partial charge >= 0.3 is 0 Å². The van der Waals surface area contributed by atoms with Gasteiger partial charge in [-0.1, -0.05) is 29.3 Å². The Morgan fingerprint density at radius 3 is 2.75 bits per heavy atom. The number of hydrogen-bond acceptors (Lipinski definition) is 3. The van der Waals surface area contributed by atoms with Gasteiger partial charge in [-0.15, -0.1) is 0 Å². The molecule has 5 nitrogen and oxygen atoms in total. The van der Waals surface area contributed by atoms with Crippen LogP contribution in [0, 0.1) is 25.2 Å². The summed E-state index contributed by atoms with van der Waals surface area (Å²) in [6.45, 7) is 4.47. The van der Waals surface area contributed by atoms with E-state index in [0.29, 0.717) is 17.3 Å². The first-order valence-corrected chi connectivity index (χ1v) is 9.22. The van der Waals surface area contributed by atoms with Crippen molar-refractivity contribution >= 4 is 40.9 Å². The molecule has 0 bridgehead atoms. The van der Waals surface area contributed by atoms with Gasteiger partial charge in [0.15, 0.2) is 0 Å². The molecule has 7 heteroatoms. The number of nitrogens with zero attached hydrogens (tertiary/aromatic N) is 2. The zero-order valence-corrected chi connectivity index (χ0v) is 16.8. The number of aryl methyl sites for hydroxylation is 1. The predicted molar refractivity (Wildman–Crippen MR) is 110 cm³/mol.